The molecule has 0 radical (unpaired) electrons. The third kappa shape index (κ3) is 2.59. The Labute approximate surface area is 96.7 Å². The van der Waals surface area contributed by atoms with E-state index in [4.69, 9.17) is 5.73 Å². The lowest BCUT2D eigenvalue weighted by atomic mass is 9.81. The highest BCUT2D eigenvalue weighted by molar-refractivity contribution is 4.96. The van der Waals surface area contributed by atoms with Crippen molar-refractivity contribution in [1.29, 1.82) is 0 Å². The number of nitrogens with two attached hydrogens (primary N) is 1. The normalized spacial score (nSPS) is 17.4. The fraction of sp³-hybridized carbons (Fsp3) is 0.818. The van der Waals surface area contributed by atoms with Gasteiger partial charge in [-0.25, -0.2) is 9.67 Å². The van der Waals surface area contributed by atoms with Gasteiger partial charge in [0, 0.05) is 24.4 Å². The van der Waals surface area contributed by atoms with Crippen molar-refractivity contribution in [2.24, 2.45) is 11.1 Å². The molecule has 0 fully saturated rings. The van der Waals surface area contributed by atoms with Gasteiger partial charge in [-0.2, -0.15) is 5.10 Å². The number of hydrogen-bond acceptors (Lipinski definition) is 4. The van der Waals surface area contributed by atoms with E-state index in [9.17, 15) is 5.11 Å². The van der Waals surface area contributed by atoms with Crippen LogP contribution in [-0.4, -0.2) is 32.5 Å². The summed E-state index contributed by atoms with van der Waals surface area (Å²) in [5.74, 6) is 0.879. The summed E-state index contributed by atoms with van der Waals surface area (Å²) in [5, 5.41) is 13.9. The second-order valence-corrected chi connectivity index (χ2v) is 4.93. The van der Waals surface area contributed by atoms with Crippen LogP contribution in [0.1, 0.15) is 39.6 Å². The maximum atomic E-state index is 9.76. The standard InChI is InChI=1S/C11H22N4O/c1-8(2)15-10(13-7-14-15)5-11(4,6-12)9(3)16/h7-9,16H,5-6,12H2,1-4H3. The molecule has 0 bridgehead atoms. The molecule has 2 unspecified atom stereocenters. The van der Waals surface area contributed by atoms with Crippen molar-refractivity contribution in [3.8, 4) is 0 Å². The molecule has 2 atom stereocenters. The predicted octanol–water partition coefficient (Wildman–Crippen LogP) is 0.747. The molecule has 3 N–H and O–H groups in total. The van der Waals surface area contributed by atoms with Crippen molar-refractivity contribution in [1.82, 2.24) is 14.8 Å². The van der Waals surface area contributed by atoms with Gasteiger partial charge in [-0.3, -0.25) is 0 Å². The van der Waals surface area contributed by atoms with Gasteiger partial charge in [0.15, 0.2) is 0 Å². The Hall–Kier alpha value is -0.940. The first-order chi connectivity index (χ1) is 7.40. The van der Waals surface area contributed by atoms with Crippen molar-refractivity contribution < 1.29 is 5.11 Å². The second-order valence-electron chi connectivity index (χ2n) is 4.93. The molecule has 0 spiro atoms. The molecule has 0 aliphatic heterocycles. The molecule has 1 heterocycles. The van der Waals surface area contributed by atoms with E-state index in [1.807, 2.05) is 11.6 Å². The van der Waals surface area contributed by atoms with E-state index in [2.05, 4.69) is 23.9 Å². The molecule has 0 aliphatic carbocycles. The summed E-state index contributed by atoms with van der Waals surface area (Å²) in [6.45, 7) is 8.27. The molecular weight excluding hydrogens is 204 g/mol. The molecule has 0 saturated carbocycles. The molecule has 0 aromatic carbocycles. The number of hydrogen-bond donors (Lipinski definition) is 2. The van der Waals surface area contributed by atoms with Gasteiger partial charge in [-0.05, 0) is 20.8 Å². The Morgan fingerprint density at radius 2 is 2.12 bits per heavy atom. The van der Waals surface area contributed by atoms with E-state index in [1.165, 1.54) is 0 Å². The van der Waals surface area contributed by atoms with Gasteiger partial charge in [0.2, 0.25) is 0 Å². The lowest BCUT2D eigenvalue weighted by molar-refractivity contribution is 0.0563. The largest absolute Gasteiger partial charge is 0.393 e. The molecule has 1 rings (SSSR count). The molecule has 5 heteroatoms. The van der Waals surface area contributed by atoms with Crippen LogP contribution >= 0.6 is 0 Å². The van der Waals surface area contributed by atoms with Crippen LogP contribution in [0.5, 0.6) is 0 Å². The Morgan fingerprint density at radius 3 is 2.56 bits per heavy atom. The third-order valence-electron chi connectivity index (χ3n) is 3.17. The first-order valence-electron chi connectivity index (χ1n) is 5.67. The minimum absolute atomic E-state index is 0.272. The van der Waals surface area contributed by atoms with Crippen molar-refractivity contribution in [2.45, 2.75) is 46.3 Å². The quantitative estimate of drug-likeness (QED) is 0.776. The van der Waals surface area contributed by atoms with Crippen LogP contribution < -0.4 is 5.73 Å². The summed E-state index contributed by atoms with van der Waals surface area (Å²) in [4.78, 5) is 4.24. The first kappa shape index (κ1) is 13.1. The highest BCUT2D eigenvalue weighted by Crippen LogP contribution is 2.25. The van der Waals surface area contributed by atoms with Gasteiger partial charge in [0.1, 0.15) is 12.2 Å². The van der Waals surface area contributed by atoms with Crippen LogP contribution in [0.25, 0.3) is 0 Å². The Kier molecular flexibility index (Phi) is 4.04. The van der Waals surface area contributed by atoms with Crippen LogP contribution in [0.15, 0.2) is 6.33 Å². The van der Waals surface area contributed by atoms with Crippen LogP contribution in [0, 0.1) is 5.41 Å². The van der Waals surface area contributed by atoms with Gasteiger partial charge >= 0.3 is 0 Å². The molecule has 5 nitrogen and oxygen atoms in total. The Morgan fingerprint density at radius 1 is 1.50 bits per heavy atom. The zero-order valence-corrected chi connectivity index (χ0v) is 10.5. The van der Waals surface area contributed by atoms with Gasteiger partial charge in [0.25, 0.3) is 0 Å². The van der Waals surface area contributed by atoms with Crippen molar-refractivity contribution in [2.75, 3.05) is 6.54 Å². The van der Waals surface area contributed by atoms with E-state index in [0.29, 0.717) is 13.0 Å². The summed E-state index contributed by atoms with van der Waals surface area (Å²) in [5.41, 5.74) is 5.39. The predicted molar refractivity (Wildman–Crippen MR) is 63.0 cm³/mol. The van der Waals surface area contributed by atoms with Gasteiger partial charge in [-0.15, -0.1) is 0 Å². The van der Waals surface area contributed by atoms with Crippen LogP contribution in [-0.2, 0) is 6.42 Å². The molecular formula is C11H22N4O. The summed E-state index contributed by atoms with van der Waals surface area (Å²) in [6, 6.07) is 0.272. The SMILES string of the molecule is CC(C)n1ncnc1CC(C)(CN)C(C)O. The molecule has 1 aromatic rings. The van der Waals surface area contributed by atoms with E-state index >= 15 is 0 Å². The van der Waals surface area contributed by atoms with E-state index in [0.717, 1.165) is 5.82 Å². The average Bonchev–Trinajstić information content (AvgIpc) is 2.65. The van der Waals surface area contributed by atoms with E-state index in [-0.39, 0.29) is 11.5 Å². The molecule has 0 saturated heterocycles. The van der Waals surface area contributed by atoms with Gasteiger partial charge in [-0.1, -0.05) is 6.92 Å². The highest BCUT2D eigenvalue weighted by atomic mass is 16.3. The monoisotopic (exact) mass is 226 g/mol. The van der Waals surface area contributed by atoms with Crippen molar-refractivity contribution in [3.63, 3.8) is 0 Å². The van der Waals surface area contributed by atoms with Crippen LogP contribution in [0.3, 0.4) is 0 Å². The van der Waals surface area contributed by atoms with Crippen LogP contribution in [0.4, 0.5) is 0 Å². The van der Waals surface area contributed by atoms with Gasteiger partial charge < -0.3 is 10.8 Å². The minimum atomic E-state index is -0.463. The Bertz CT molecular complexity index is 334. The highest BCUT2D eigenvalue weighted by Gasteiger charge is 2.31. The smallest absolute Gasteiger partial charge is 0.138 e. The Balaban J connectivity index is 2.90. The van der Waals surface area contributed by atoms with E-state index in [1.54, 1.807) is 13.3 Å². The van der Waals surface area contributed by atoms with Crippen LogP contribution in [0.2, 0.25) is 0 Å². The lowest BCUT2D eigenvalue weighted by Crippen LogP contribution is -2.40. The number of aromatic nitrogens is 3. The number of aliphatic hydroxyl groups excluding tert-OH is 1. The van der Waals surface area contributed by atoms with E-state index < -0.39 is 6.10 Å². The fourth-order valence-electron chi connectivity index (χ4n) is 1.58. The first-order valence-corrected chi connectivity index (χ1v) is 5.67. The second kappa shape index (κ2) is 4.93. The maximum Gasteiger partial charge on any atom is 0.138 e. The number of aliphatic hydroxyl groups is 1. The zero-order chi connectivity index (χ0) is 12.3. The molecule has 0 aliphatic rings. The number of nitrogens with zero attached hydrogens (tertiary/aromatic N) is 3. The molecule has 92 valence electrons. The molecule has 16 heavy (non-hydrogen) atoms. The number of rotatable bonds is 5. The summed E-state index contributed by atoms with van der Waals surface area (Å²) in [7, 11) is 0. The van der Waals surface area contributed by atoms with Crippen molar-refractivity contribution >= 4 is 0 Å². The summed E-state index contributed by atoms with van der Waals surface area (Å²) in [6.07, 6.45) is 1.73. The fourth-order valence-corrected chi connectivity index (χ4v) is 1.58. The van der Waals surface area contributed by atoms with Gasteiger partial charge in [0.05, 0.1) is 6.10 Å². The zero-order valence-electron chi connectivity index (χ0n) is 10.5. The lowest BCUT2D eigenvalue weighted by Gasteiger charge is -2.31. The summed E-state index contributed by atoms with van der Waals surface area (Å²) < 4.78 is 1.87. The summed E-state index contributed by atoms with van der Waals surface area (Å²) >= 11 is 0. The maximum absolute atomic E-state index is 9.76. The topological polar surface area (TPSA) is 77.0 Å². The average molecular weight is 226 g/mol. The molecule has 0 amide bonds. The molecule has 1 aromatic heterocycles. The minimum Gasteiger partial charge on any atom is -0.393 e. The van der Waals surface area contributed by atoms with Crippen molar-refractivity contribution in [3.05, 3.63) is 12.2 Å². The third-order valence-corrected chi connectivity index (χ3v) is 3.17.